The van der Waals surface area contributed by atoms with E-state index in [4.69, 9.17) is 9.15 Å². The van der Waals surface area contributed by atoms with Crippen molar-refractivity contribution >= 4 is 11.1 Å². The Bertz CT molecular complexity index is 688. The topological polar surface area (TPSA) is 56.4 Å². The SMILES string of the molecule is CCn1c(=O)oc2cc(C(NC)C3CCOC3C)ccc21. The minimum atomic E-state index is -0.289. The highest BCUT2D eigenvalue weighted by atomic mass is 16.5. The van der Waals surface area contributed by atoms with Crippen LogP contribution in [0, 0.1) is 5.92 Å². The molecule has 3 atom stereocenters. The molecule has 2 aromatic rings. The predicted octanol–water partition coefficient (Wildman–Crippen LogP) is 2.30. The molecule has 114 valence electrons. The summed E-state index contributed by atoms with van der Waals surface area (Å²) in [5, 5.41) is 3.38. The van der Waals surface area contributed by atoms with E-state index in [2.05, 4.69) is 18.3 Å². The molecule has 1 aliphatic heterocycles. The number of fused-ring (bicyclic) bond motifs is 1. The van der Waals surface area contributed by atoms with Crippen molar-refractivity contribution in [2.24, 2.45) is 5.92 Å². The molecule has 1 saturated heterocycles. The van der Waals surface area contributed by atoms with E-state index in [9.17, 15) is 4.79 Å². The van der Waals surface area contributed by atoms with Crippen molar-refractivity contribution < 1.29 is 9.15 Å². The lowest BCUT2D eigenvalue weighted by atomic mass is 9.88. The van der Waals surface area contributed by atoms with Crippen molar-refractivity contribution in [2.45, 2.75) is 39.0 Å². The van der Waals surface area contributed by atoms with Gasteiger partial charge in [-0.3, -0.25) is 4.57 Å². The third-order valence-corrected chi connectivity index (χ3v) is 4.54. The Kier molecular flexibility index (Phi) is 3.87. The van der Waals surface area contributed by atoms with Crippen LogP contribution in [0.5, 0.6) is 0 Å². The molecule has 3 unspecified atom stereocenters. The summed E-state index contributed by atoms with van der Waals surface area (Å²) >= 11 is 0. The maximum absolute atomic E-state index is 11.8. The third kappa shape index (κ3) is 2.40. The number of ether oxygens (including phenoxy) is 1. The lowest BCUT2D eigenvalue weighted by Gasteiger charge is -2.25. The van der Waals surface area contributed by atoms with E-state index >= 15 is 0 Å². The fourth-order valence-corrected chi connectivity index (χ4v) is 3.39. The van der Waals surface area contributed by atoms with Gasteiger partial charge in [-0.2, -0.15) is 0 Å². The molecular weight excluding hydrogens is 268 g/mol. The van der Waals surface area contributed by atoms with Gasteiger partial charge in [0.2, 0.25) is 0 Å². The van der Waals surface area contributed by atoms with E-state index in [-0.39, 0.29) is 17.9 Å². The highest BCUT2D eigenvalue weighted by Gasteiger charge is 2.32. The summed E-state index contributed by atoms with van der Waals surface area (Å²) in [4.78, 5) is 11.8. The van der Waals surface area contributed by atoms with Crippen molar-refractivity contribution in [3.63, 3.8) is 0 Å². The number of hydrogen-bond acceptors (Lipinski definition) is 4. The predicted molar refractivity (Wildman–Crippen MR) is 81.5 cm³/mol. The van der Waals surface area contributed by atoms with E-state index in [1.54, 1.807) is 4.57 Å². The zero-order valence-corrected chi connectivity index (χ0v) is 12.8. The van der Waals surface area contributed by atoms with Crippen LogP contribution in [0.2, 0.25) is 0 Å². The van der Waals surface area contributed by atoms with Crippen LogP contribution < -0.4 is 11.1 Å². The van der Waals surface area contributed by atoms with E-state index in [0.717, 1.165) is 24.1 Å². The van der Waals surface area contributed by atoms with E-state index in [1.807, 2.05) is 26.1 Å². The van der Waals surface area contributed by atoms with Crippen LogP contribution in [0.15, 0.2) is 27.4 Å². The van der Waals surface area contributed by atoms with Gasteiger partial charge in [0.05, 0.1) is 11.6 Å². The van der Waals surface area contributed by atoms with Crippen molar-refractivity contribution in [1.82, 2.24) is 9.88 Å². The molecule has 3 rings (SSSR count). The van der Waals surface area contributed by atoms with Gasteiger partial charge in [0.1, 0.15) is 0 Å². The first-order valence-corrected chi connectivity index (χ1v) is 7.57. The standard InChI is InChI=1S/C16H22N2O3/c1-4-18-13-6-5-11(9-14(13)21-16(18)19)15(17-3)12-7-8-20-10(12)2/h5-6,9-10,12,15,17H,4,7-8H2,1-3H3. The Labute approximate surface area is 123 Å². The minimum Gasteiger partial charge on any atom is -0.408 e. The molecule has 0 bridgehead atoms. The van der Waals surface area contributed by atoms with E-state index in [0.29, 0.717) is 18.0 Å². The van der Waals surface area contributed by atoms with Gasteiger partial charge in [-0.05, 0) is 45.0 Å². The summed E-state index contributed by atoms with van der Waals surface area (Å²) in [6.07, 6.45) is 1.29. The van der Waals surface area contributed by atoms with Gasteiger partial charge < -0.3 is 14.5 Å². The number of benzene rings is 1. The van der Waals surface area contributed by atoms with Crippen LogP contribution in [0.1, 0.15) is 31.9 Å². The summed E-state index contributed by atoms with van der Waals surface area (Å²) < 4.78 is 12.7. The van der Waals surface area contributed by atoms with Gasteiger partial charge in [-0.25, -0.2) is 4.79 Å². The maximum atomic E-state index is 11.8. The Morgan fingerprint density at radius 1 is 1.48 bits per heavy atom. The minimum absolute atomic E-state index is 0.210. The summed E-state index contributed by atoms with van der Waals surface area (Å²) in [5.41, 5.74) is 2.66. The second kappa shape index (κ2) is 5.66. The molecule has 21 heavy (non-hydrogen) atoms. The maximum Gasteiger partial charge on any atom is 0.419 e. The summed E-state index contributed by atoms with van der Waals surface area (Å²) in [5.74, 6) is 0.149. The first kappa shape index (κ1) is 14.4. The zero-order valence-electron chi connectivity index (χ0n) is 12.8. The van der Waals surface area contributed by atoms with Crippen LogP contribution >= 0.6 is 0 Å². The van der Waals surface area contributed by atoms with Crippen molar-refractivity contribution in [1.29, 1.82) is 0 Å². The quantitative estimate of drug-likeness (QED) is 0.938. The van der Waals surface area contributed by atoms with Crippen LogP contribution in [0.3, 0.4) is 0 Å². The van der Waals surface area contributed by atoms with Crippen molar-refractivity contribution in [2.75, 3.05) is 13.7 Å². The smallest absolute Gasteiger partial charge is 0.408 e. The van der Waals surface area contributed by atoms with Gasteiger partial charge in [0.15, 0.2) is 5.58 Å². The molecule has 1 fully saturated rings. The number of nitrogens with zero attached hydrogens (tertiary/aromatic N) is 1. The highest BCUT2D eigenvalue weighted by molar-refractivity contribution is 5.74. The number of hydrogen-bond donors (Lipinski definition) is 1. The molecule has 5 nitrogen and oxygen atoms in total. The van der Waals surface area contributed by atoms with Crippen LogP contribution in [-0.2, 0) is 11.3 Å². The number of rotatable bonds is 4. The Morgan fingerprint density at radius 2 is 2.29 bits per heavy atom. The van der Waals surface area contributed by atoms with Gasteiger partial charge >= 0.3 is 5.76 Å². The zero-order chi connectivity index (χ0) is 15.0. The summed E-state index contributed by atoms with van der Waals surface area (Å²) in [7, 11) is 1.97. The fraction of sp³-hybridized carbons (Fsp3) is 0.562. The molecule has 1 aromatic heterocycles. The average molecular weight is 290 g/mol. The van der Waals surface area contributed by atoms with Gasteiger partial charge in [0.25, 0.3) is 0 Å². The van der Waals surface area contributed by atoms with Crippen LogP contribution in [0.4, 0.5) is 0 Å². The molecule has 0 aliphatic carbocycles. The third-order valence-electron chi connectivity index (χ3n) is 4.54. The second-order valence-corrected chi connectivity index (χ2v) is 5.63. The van der Waals surface area contributed by atoms with Gasteiger partial charge in [-0.15, -0.1) is 0 Å². The molecule has 0 amide bonds. The lowest BCUT2D eigenvalue weighted by molar-refractivity contribution is 0.0963. The number of aryl methyl sites for hydroxylation is 1. The first-order chi connectivity index (χ1) is 10.2. The molecule has 2 heterocycles. The molecule has 0 spiro atoms. The molecule has 1 aromatic carbocycles. The molecule has 0 saturated carbocycles. The molecule has 0 radical (unpaired) electrons. The monoisotopic (exact) mass is 290 g/mol. The van der Waals surface area contributed by atoms with Gasteiger partial charge in [0, 0.05) is 25.1 Å². The molecular formula is C16H22N2O3. The first-order valence-electron chi connectivity index (χ1n) is 7.57. The average Bonchev–Trinajstić information content (AvgIpc) is 3.02. The summed E-state index contributed by atoms with van der Waals surface area (Å²) in [6, 6.07) is 6.25. The number of nitrogens with one attached hydrogen (secondary N) is 1. The van der Waals surface area contributed by atoms with Crippen LogP contribution in [0.25, 0.3) is 11.1 Å². The van der Waals surface area contributed by atoms with Crippen molar-refractivity contribution in [3.8, 4) is 0 Å². The fourth-order valence-electron chi connectivity index (χ4n) is 3.39. The molecule has 1 aliphatic rings. The van der Waals surface area contributed by atoms with E-state index in [1.165, 1.54) is 0 Å². The Morgan fingerprint density at radius 3 is 2.90 bits per heavy atom. The largest absolute Gasteiger partial charge is 0.419 e. The van der Waals surface area contributed by atoms with Gasteiger partial charge in [-0.1, -0.05) is 6.07 Å². The number of aromatic nitrogens is 1. The highest BCUT2D eigenvalue weighted by Crippen LogP contribution is 2.34. The molecule has 1 N–H and O–H groups in total. The number of oxazole rings is 1. The van der Waals surface area contributed by atoms with Crippen LogP contribution in [-0.4, -0.2) is 24.3 Å². The summed E-state index contributed by atoms with van der Waals surface area (Å²) in [6.45, 7) is 5.49. The Balaban J connectivity index is 2.01. The molecule has 5 heteroatoms. The van der Waals surface area contributed by atoms with E-state index < -0.39 is 0 Å². The lowest BCUT2D eigenvalue weighted by Crippen LogP contribution is -2.29. The normalized spacial score (nSPS) is 23.8. The Hall–Kier alpha value is -1.59. The second-order valence-electron chi connectivity index (χ2n) is 5.63. The van der Waals surface area contributed by atoms with Crippen molar-refractivity contribution in [3.05, 3.63) is 34.3 Å².